The molecule has 0 spiro atoms. The summed E-state index contributed by atoms with van der Waals surface area (Å²) in [5.41, 5.74) is 0.791. The average molecular weight is 298 g/mol. The van der Waals surface area contributed by atoms with E-state index in [-0.39, 0.29) is 5.91 Å². The lowest BCUT2D eigenvalue weighted by atomic mass is 10.4. The number of halogens is 1. The van der Waals surface area contributed by atoms with E-state index in [2.05, 4.69) is 31.2 Å². The van der Waals surface area contributed by atoms with E-state index in [0.29, 0.717) is 11.4 Å². The van der Waals surface area contributed by atoms with Crippen molar-refractivity contribution in [3.8, 4) is 0 Å². The molecule has 2 aromatic heterocycles. The topological polar surface area (TPSA) is 54.9 Å². The van der Waals surface area contributed by atoms with E-state index in [1.54, 1.807) is 18.3 Å². The van der Waals surface area contributed by atoms with Gasteiger partial charge in [-0.15, -0.1) is 11.3 Å². The van der Waals surface area contributed by atoms with E-state index in [1.165, 1.54) is 17.7 Å². The number of amides is 1. The number of thiophene rings is 1. The summed E-state index contributed by atoms with van der Waals surface area (Å²) in [5, 5.41) is 2.79. The van der Waals surface area contributed by atoms with Gasteiger partial charge >= 0.3 is 0 Å². The lowest BCUT2D eigenvalue weighted by Gasteiger charge is -2.01. The zero-order chi connectivity index (χ0) is 11.4. The highest BCUT2D eigenvalue weighted by atomic mass is 79.9. The molecule has 0 atom stereocenters. The molecule has 6 heteroatoms. The van der Waals surface area contributed by atoms with E-state index in [0.717, 1.165) is 9.48 Å². The average Bonchev–Trinajstić information content (AvgIpc) is 2.74. The molecule has 82 valence electrons. The summed E-state index contributed by atoms with van der Waals surface area (Å²) >= 11 is 4.72. The molecular weight excluding hydrogens is 290 g/mol. The van der Waals surface area contributed by atoms with Gasteiger partial charge in [0, 0.05) is 6.20 Å². The fourth-order valence-corrected chi connectivity index (χ4v) is 2.42. The molecule has 1 N–H and O–H groups in total. The molecule has 2 aromatic rings. The van der Waals surface area contributed by atoms with Crippen molar-refractivity contribution in [2.24, 2.45) is 0 Å². The molecule has 2 rings (SSSR count). The molecule has 0 aliphatic rings. The van der Waals surface area contributed by atoms with Crippen LogP contribution in [0.2, 0.25) is 0 Å². The molecule has 0 aromatic carbocycles. The molecular formula is C10H8BrN3OS. The Labute approximate surface area is 105 Å². The van der Waals surface area contributed by atoms with Crippen molar-refractivity contribution in [1.82, 2.24) is 15.3 Å². The summed E-state index contributed by atoms with van der Waals surface area (Å²) in [4.78, 5) is 20.2. The number of nitrogens with zero attached hydrogens (tertiary/aromatic N) is 2. The highest BCUT2D eigenvalue weighted by Crippen LogP contribution is 2.21. The Morgan fingerprint density at radius 3 is 2.94 bits per heavy atom. The Morgan fingerprint density at radius 2 is 2.31 bits per heavy atom. The Morgan fingerprint density at radius 1 is 1.44 bits per heavy atom. The number of hydrogen-bond acceptors (Lipinski definition) is 4. The maximum Gasteiger partial charge on any atom is 0.261 e. The Kier molecular flexibility index (Phi) is 3.63. The molecule has 2 heterocycles. The summed E-state index contributed by atoms with van der Waals surface area (Å²) in [6.07, 6.45) is 3.11. The lowest BCUT2D eigenvalue weighted by molar-refractivity contribution is 0.0954. The first kappa shape index (κ1) is 11.2. The largest absolute Gasteiger partial charge is 0.346 e. The summed E-state index contributed by atoms with van der Waals surface area (Å²) in [6.45, 7) is 0.414. The second-order valence-corrected chi connectivity index (χ2v) is 5.45. The molecule has 0 saturated carbocycles. The van der Waals surface area contributed by atoms with Crippen molar-refractivity contribution in [1.29, 1.82) is 0 Å². The standard InChI is InChI=1S/C10H8BrN3OS/c11-9-2-1-8(16-9)10(15)13-5-7-3-4-12-6-14-7/h1-4,6H,5H2,(H,13,15). The van der Waals surface area contributed by atoms with Crippen molar-refractivity contribution in [3.05, 3.63) is 45.1 Å². The fraction of sp³-hybridized carbons (Fsp3) is 0.100. The summed E-state index contributed by atoms with van der Waals surface area (Å²) in [5.74, 6) is -0.0886. The fourth-order valence-electron chi connectivity index (χ4n) is 1.12. The SMILES string of the molecule is O=C(NCc1ccncn1)c1ccc(Br)s1. The first-order valence-electron chi connectivity index (χ1n) is 4.54. The number of nitrogens with one attached hydrogen (secondary N) is 1. The van der Waals surface area contributed by atoms with Gasteiger partial charge in [0.05, 0.1) is 20.9 Å². The molecule has 1 amide bonds. The zero-order valence-corrected chi connectivity index (χ0v) is 10.6. The summed E-state index contributed by atoms with van der Waals surface area (Å²) < 4.78 is 0.944. The Hall–Kier alpha value is -1.27. The third kappa shape index (κ3) is 2.86. The van der Waals surface area contributed by atoms with Crippen LogP contribution in [-0.2, 0) is 6.54 Å². The van der Waals surface area contributed by atoms with Crippen LogP contribution in [0.5, 0.6) is 0 Å². The quantitative estimate of drug-likeness (QED) is 0.945. The van der Waals surface area contributed by atoms with Gasteiger partial charge in [-0.1, -0.05) is 0 Å². The zero-order valence-electron chi connectivity index (χ0n) is 8.18. The molecule has 0 aliphatic heterocycles. The van der Waals surface area contributed by atoms with Crippen molar-refractivity contribution in [2.75, 3.05) is 0 Å². The van der Waals surface area contributed by atoms with E-state index in [9.17, 15) is 4.79 Å². The second-order valence-electron chi connectivity index (χ2n) is 2.99. The third-order valence-corrected chi connectivity index (χ3v) is 3.49. The molecule has 0 unspecified atom stereocenters. The third-order valence-electron chi connectivity index (χ3n) is 1.87. The lowest BCUT2D eigenvalue weighted by Crippen LogP contribution is -2.22. The van der Waals surface area contributed by atoms with Gasteiger partial charge in [0.25, 0.3) is 5.91 Å². The summed E-state index contributed by atoms with van der Waals surface area (Å²) in [7, 11) is 0. The molecule has 0 aliphatic carbocycles. The molecule has 0 saturated heterocycles. The van der Waals surface area contributed by atoms with Gasteiger partial charge in [0.1, 0.15) is 6.33 Å². The van der Waals surface area contributed by atoms with Crippen LogP contribution in [0.3, 0.4) is 0 Å². The number of aromatic nitrogens is 2. The van der Waals surface area contributed by atoms with Gasteiger partial charge in [0.15, 0.2) is 0 Å². The first-order valence-corrected chi connectivity index (χ1v) is 6.15. The first-order chi connectivity index (χ1) is 7.75. The normalized spacial score (nSPS) is 10.1. The van der Waals surface area contributed by atoms with Gasteiger partial charge in [0.2, 0.25) is 0 Å². The van der Waals surface area contributed by atoms with Gasteiger partial charge in [-0.3, -0.25) is 4.79 Å². The van der Waals surface area contributed by atoms with Crippen LogP contribution in [0.4, 0.5) is 0 Å². The van der Waals surface area contributed by atoms with Gasteiger partial charge in [-0.05, 0) is 34.1 Å². The summed E-state index contributed by atoms with van der Waals surface area (Å²) in [6, 6.07) is 5.40. The number of carbonyl (C=O) groups excluding carboxylic acids is 1. The van der Waals surface area contributed by atoms with Crippen LogP contribution >= 0.6 is 27.3 Å². The van der Waals surface area contributed by atoms with E-state index < -0.39 is 0 Å². The van der Waals surface area contributed by atoms with Gasteiger partial charge in [-0.2, -0.15) is 0 Å². The van der Waals surface area contributed by atoms with Crippen LogP contribution in [0.15, 0.2) is 34.5 Å². The monoisotopic (exact) mass is 297 g/mol. The van der Waals surface area contributed by atoms with Crippen molar-refractivity contribution >= 4 is 33.2 Å². The highest BCUT2D eigenvalue weighted by molar-refractivity contribution is 9.11. The van der Waals surface area contributed by atoms with Gasteiger partial charge < -0.3 is 5.32 Å². The van der Waals surface area contributed by atoms with Crippen molar-refractivity contribution < 1.29 is 4.79 Å². The molecule has 0 fully saturated rings. The van der Waals surface area contributed by atoms with E-state index >= 15 is 0 Å². The maximum atomic E-state index is 11.7. The Balaban J connectivity index is 1.94. The van der Waals surface area contributed by atoms with Crippen LogP contribution < -0.4 is 5.32 Å². The predicted octanol–water partition coefficient (Wildman–Crippen LogP) is 2.23. The Bertz CT molecular complexity index is 486. The second kappa shape index (κ2) is 5.18. The van der Waals surface area contributed by atoms with Crippen LogP contribution in [0.25, 0.3) is 0 Å². The smallest absolute Gasteiger partial charge is 0.261 e. The number of carbonyl (C=O) groups is 1. The van der Waals surface area contributed by atoms with Gasteiger partial charge in [-0.25, -0.2) is 9.97 Å². The number of hydrogen-bond donors (Lipinski definition) is 1. The van der Waals surface area contributed by atoms with Crippen LogP contribution in [-0.4, -0.2) is 15.9 Å². The highest BCUT2D eigenvalue weighted by Gasteiger charge is 2.07. The predicted molar refractivity (Wildman–Crippen MR) is 65.2 cm³/mol. The maximum absolute atomic E-state index is 11.7. The molecule has 4 nitrogen and oxygen atoms in total. The van der Waals surface area contributed by atoms with Crippen LogP contribution in [0, 0.1) is 0 Å². The minimum absolute atomic E-state index is 0.0886. The van der Waals surface area contributed by atoms with E-state index in [4.69, 9.17) is 0 Å². The van der Waals surface area contributed by atoms with Crippen LogP contribution in [0.1, 0.15) is 15.4 Å². The molecule has 0 bridgehead atoms. The molecule has 0 radical (unpaired) electrons. The minimum Gasteiger partial charge on any atom is -0.346 e. The van der Waals surface area contributed by atoms with Crippen molar-refractivity contribution in [2.45, 2.75) is 6.54 Å². The molecule has 16 heavy (non-hydrogen) atoms. The number of rotatable bonds is 3. The van der Waals surface area contributed by atoms with Crippen molar-refractivity contribution in [3.63, 3.8) is 0 Å². The minimum atomic E-state index is -0.0886. The van der Waals surface area contributed by atoms with E-state index in [1.807, 2.05) is 6.07 Å².